The molecule has 1 N–H and O–H groups in total. The van der Waals surface area contributed by atoms with E-state index in [4.69, 9.17) is 0 Å². The van der Waals surface area contributed by atoms with Crippen molar-refractivity contribution < 1.29 is 5.11 Å². The predicted octanol–water partition coefficient (Wildman–Crippen LogP) is 3.37. The van der Waals surface area contributed by atoms with Gasteiger partial charge in [-0.3, -0.25) is 0 Å². The highest BCUT2D eigenvalue weighted by molar-refractivity contribution is 5.48. The number of rotatable bonds is 3. The van der Waals surface area contributed by atoms with Crippen LogP contribution in [-0.2, 0) is 0 Å². The van der Waals surface area contributed by atoms with Crippen LogP contribution in [0.15, 0.2) is 24.3 Å². The zero-order valence-corrected chi connectivity index (χ0v) is 10.9. The van der Waals surface area contributed by atoms with E-state index in [1.165, 1.54) is 25.1 Å². The molecule has 1 aliphatic heterocycles. The zero-order chi connectivity index (χ0) is 12.3. The summed E-state index contributed by atoms with van der Waals surface area (Å²) in [7, 11) is 0. The van der Waals surface area contributed by atoms with Crippen molar-refractivity contribution in [3.05, 3.63) is 29.8 Å². The first-order valence-electron chi connectivity index (χ1n) is 6.73. The summed E-state index contributed by atoms with van der Waals surface area (Å²) in [4.78, 5) is 2.45. The lowest BCUT2D eigenvalue weighted by Gasteiger charge is -2.33. The minimum absolute atomic E-state index is 0.315. The van der Waals surface area contributed by atoms with Gasteiger partial charge in [-0.15, -0.1) is 0 Å². The SMILES string of the molecule is CC[C@@H](O)c1ccc(N2CCCC(C)C2)cc1. The molecule has 2 atom stereocenters. The van der Waals surface area contributed by atoms with Gasteiger partial charge in [-0.1, -0.05) is 26.0 Å². The third-order valence-corrected chi connectivity index (χ3v) is 3.69. The van der Waals surface area contributed by atoms with Crippen molar-refractivity contribution in [2.24, 2.45) is 5.92 Å². The lowest BCUT2D eigenvalue weighted by molar-refractivity contribution is 0.173. The summed E-state index contributed by atoms with van der Waals surface area (Å²) in [6.07, 6.45) is 3.10. The number of piperidine rings is 1. The quantitative estimate of drug-likeness (QED) is 0.865. The van der Waals surface area contributed by atoms with Gasteiger partial charge in [0.25, 0.3) is 0 Å². The van der Waals surface area contributed by atoms with Crippen LogP contribution in [0.4, 0.5) is 5.69 Å². The average molecular weight is 233 g/mol. The molecule has 0 spiro atoms. The molecule has 2 nitrogen and oxygen atoms in total. The summed E-state index contributed by atoms with van der Waals surface area (Å²) in [5.41, 5.74) is 2.32. The summed E-state index contributed by atoms with van der Waals surface area (Å²) in [5, 5.41) is 9.76. The maximum Gasteiger partial charge on any atom is 0.0787 e. The van der Waals surface area contributed by atoms with Crippen LogP contribution in [0.25, 0.3) is 0 Å². The monoisotopic (exact) mass is 233 g/mol. The molecule has 94 valence electrons. The van der Waals surface area contributed by atoms with Gasteiger partial charge in [-0.25, -0.2) is 0 Å². The highest BCUT2D eigenvalue weighted by Gasteiger charge is 2.16. The van der Waals surface area contributed by atoms with E-state index in [9.17, 15) is 5.11 Å². The number of hydrogen-bond donors (Lipinski definition) is 1. The minimum atomic E-state index is -0.315. The molecule has 1 fully saturated rings. The summed E-state index contributed by atoms with van der Waals surface area (Å²) in [6.45, 7) is 6.65. The second-order valence-corrected chi connectivity index (χ2v) is 5.21. The van der Waals surface area contributed by atoms with E-state index in [2.05, 4.69) is 36.1 Å². The predicted molar refractivity (Wildman–Crippen MR) is 72.3 cm³/mol. The van der Waals surface area contributed by atoms with E-state index in [0.29, 0.717) is 0 Å². The van der Waals surface area contributed by atoms with Gasteiger partial charge in [0, 0.05) is 18.8 Å². The largest absolute Gasteiger partial charge is 0.388 e. The summed E-state index contributed by atoms with van der Waals surface area (Å²) in [5.74, 6) is 0.796. The fourth-order valence-corrected chi connectivity index (χ4v) is 2.57. The summed E-state index contributed by atoms with van der Waals surface area (Å²) < 4.78 is 0. The van der Waals surface area contributed by atoms with E-state index in [1.807, 2.05) is 6.92 Å². The van der Waals surface area contributed by atoms with Gasteiger partial charge in [-0.2, -0.15) is 0 Å². The van der Waals surface area contributed by atoms with Gasteiger partial charge in [0.2, 0.25) is 0 Å². The van der Waals surface area contributed by atoms with Gasteiger partial charge < -0.3 is 10.0 Å². The molecule has 2 rings (SSSR count). The standard InChI is InChI=1S/C15H23NO/c1-3-15(17)13-6-8-14(9-7-13)16-10-4-5-12(2)11-16/h6-9,12,15,17H,3-5,10-11H2,1-2H3/t12?,15-/m1/s1. The molecule has 0 amide bonds. The second kappa shape index (κ2) is 5.54. The van der Waals surface area contributed by atoms with Crippen molar-refractivity contribution in [2.75, 3.05) is 18.0 Å². The van der Waals surface area contributed by atoms with Gasteiger partial charge in [-0.05, 0) is 42.9 Å². The Labute approximate surface area is 104 Å². The second-order valence-electron chi connectivity index (χ2n) is 5.21. The van der Waals surface area contributed by atoms with Crippen LogP contribution in [0, 0.1) is 5.92 Å². The van der Waals surface area contributed by atoms with Gasteiger partial charge in [0.15, 0.2) is 0 Å². The maximum absolute atomic E-state index is 9.76. The fourth-order valence-electron chi connectivity index (χ4n) is 2.57. The maximum atomic E-state index is 9.76. The molecular formula is C15H23NO. The first kappa shape index (κ1) is 12.4. The highest BCUT2D eigenvalue weighted by atomic mass is 16.3. The number of anilines is 1. The molecule has 0 aromatic heterocycles. The van der Waals surface area contributed by atoms with Crippen LogP contribution in [0.3, 0.4) is 0 Å². The minimum Gasteiger partial charge on any atom is -0.388 e. The van der Waals surface area contributed by atoms with Crippen molar-refractivity contribution in [2.45, 2.75) is 39.2 Å². The van der Waals surface area contributed by atoms with Crippen molar-refractivity contribution >= 4 is 5.69 Å². The van der Waals surface area contributed by atoms with Crippen molar-refractivity contribution in [1.82, 2.24) is 0 Å². The Kier molecular flexibility index (Phi) is 4.06. The Morgan fingerprint density at radius 3 is 2.65 bits per heavy atom. The van der Waals surface area contributed by atoms with Gasteiger partial charge in [0.05, 0.1) is 6.10 Å². The number of aliphatic hydroxyl groups excluding tert-OH is 1. The number of nitrogens with zero attached hydrogens (tertiary/aromatic N) is 1. The lowest BCUT2D eigenvalue weighted by Crippen LogP contribution is -2.34. The number of hydrogen-bond acceptors (Lipinski definition) is 2. The van der Waals surface area contributed by atoms with Crippen LogP contribution in [-0.4, -0.2) is 18.2 Å². The Balaban J connectivity index is 2.06. The average Bonchev–Trinajstić information content (AvgIpc) is 2.38. The highest BCUT2D eigenvalue weighted by Crippen LogP contribution is 2.25. The smallest absolute Gasteiger partial charge is 0.0787 e. The third kappa shape index (κ3) is 3.01. The lowest BCUT2D eigenvalue weighted by atomic mass is 9.99. The summed E-state index contributed by atoms with van der Waals surface area (Å²) >= 11 is 0. The molecule has 0 aliphatic carbocycles. The summed E-state index contributed by atoms with van der Waals surface area (Å²) in [6, 6.07) is 8.41. The topological polar surface area (TPSA) is 23.5 Å². The van der Waals surface area contributed by atoms with Crippen molar-refractivity contribution in [3.8, 4) is 0 Å². The van der Waals surface area contributed by atoms with Crippen molar-refractivity contribution in [1.29, 1.82) is 0 Å². The van der Waals surface area contributed by atoms with E-state index in [1.54, 1.807) is 0 Å². The molecule has 1 aromatic carbocycles. The van der Waals surface area contributed by atoms with Crippen LogP contribution in [0.2, 0.25) is 0 Å². The molecule has 0 radical (unpaired) electrons. The van der Waals surface area contributed by atoms with Crippen molar-refractivity contribution in [3.63, 3.8) is 0 Å². The first-order valence-corrected chi connectivity index (χ1v) is 6.73. The van der Waals surface area contributed by atoms with E-state index < -0.39 is 0 Å². The van der Waals surface area contributed by atoms with E-state index >= 15 is 0 Å². The van der Waals surface area contributed by atoms with Crippen LogP contribution in [0.1, 0.15) is 44.8 Å². The number of benzene rings is 1. The Hall–Kier alpha value is -1.02. The Morgan fingerprint density at radius 1 is 1.35 bits per heavy atom. The molecule has 1 heterocycles. The normalized spacial score (nSPS) is 22.5. The molecule has 1 aromatic rings. The molecule has 1 saturated heterocycles. The van der Waals surface area contributed by atoms with E-state index in [0.717, 1.165) is 24.4 Å². The van der Waals surface area contributed by atoms with Gasteiger partial charge in [0.1, 0.15) is 0 Å². The zero-order valence-electron chi connectivity index (χ0n) is 10.9. The van der Waals surface area contributed by atoms with Crippen LogP contribution in [0.5, 0.6) is 0 Å². The Morgan fingerprint density at radius 2 is 2.06 bits per heavy atom. The molecule has 17 heavy (non-hydrogen) atoms. The van der Waals surface area contributed by atoms with Crippen LogP contribution < -0.4 is 4.90 Å². The molecular weight excluding hydrogens is 210 g/mol. The third-order valence-electron chi connectivity index (χ3n) is 3.69. The number of aliphatic hydroxyl groups is 1. The van der Waals surface area contributed by atoms with E-state index in [-0.39, 0.29) is 6.10 Å². The molecule has 0 saturated carbocycles. The van der Waals surface area contributed by atoms with Gasteiger partial charge >= 0.3 is 0 Å². The molecule has 2 heteroatoms. The van der Waals surface area contributed by atoms with Crippen LogP contribution >= 0.6 is 0 Å². The Bertz CT molecular complexity index is 346. The first-order chi connectivity index (χ1) is 8.20. The fraction of sp³-hybridized carbons (Fsp3) is 0.600. The molecule has 1 aliphatic rings. The molecule has 1 unspecified atom stereocenters. The molecule has 0 bridgehead atoms.